The van der Waals surface area contributed by atoms with E-state index in [2.05, 4.69) is 17.1 Å². The number of nitrogens with zero attached hydrogens (tertiary/aromatic N) is 1. The molecule has 82 valence electrons. The molecular weight excluding hydrogens is 172 g/mol. The molecule has 0 unspecified atom stereocenters. The Bertz CT molecular complexity index is 158. The lowest BCUT2D eigenvalue weighted by Gasteiger charge is -2.32. The van der Waals surface area contributed by atoms with E-state index in [0.29, 0.717) is 0 Å². The first-order valence-electron chi connectivity index (χ1n) is 6.37. The predicted octanol–water partition coefficient (Wildman–Crippen LogP) is 2.00. The summed E-state index contributed by atoms with van der Waals surface area (Å²) >= 11 is 0. The molecule has 0 radical (unpaired) electrons. The molecule has 0 aromatic carbocycles. The fraction of sp³-hybridized carbons (Fsp3) is 1.00. The van der Waals surface area contributed by atoms with Gasteiger partial charge in [-0.15, -0.1) is 0 Å². The van der Waals surface area contributed by atoms with Gasteiger partial charge in [0.15, 0.2) is 0 Å². The highest BCUT2D eigenvalue weighted by Crippen LogP contribution is 2.22. The summed E-state index contributed by atoms with van der Waals surface area (Å²) in [7, 11) is 0. The van der Waals surface area contributed by atoms with Crippen LogP contribution < -0.4 is 5.32 Å². The van der Waals surface area contributed by atoms with E-state index in [9.17, 15) is 0 Å². The van der Waals surface area contributed by atoms with Crippen LogP contribution in [-0.4, -0.2) is 36.6 Å². The molecule has 2 nitrogen and oxygen atoms in total. The molecule has 0 atom stereocenters. The van der Waals surface area contributed by atoms with Crippen molar-refractivity contribution < 1.29 is 0 Å². The Morgan fingerprint density at radius 2 is 1.71 bits per heavy atom. The molecule has 0 aromatic heterocycles. The van der Waals surface area contributed by atoms with E-state index in [1.54, 1.807) is 0 Å². The molecule has 1 aliphatic carbocycles. The van der Waals surface area contributed by atoms with Gasteiger partial charge in [-0.2, -0.15) is 0 Å². The summed E-state index contributed by atoms with van der Waals surface area (Å²) in [4.78, 5) is 2.63. The topological polar surface area (TPSA) is 15.3 Å². The molecule has 0 bridgehead atoms. The molecule has 2 rings (SSSR count). The van der Waals surface area contributed by atoms with Crippen LogP contribution in [0.4, 0.5) is 0 Å². The largest absolute Gasteiger partial charge is 0.311 e. The van der Waals surface area contributed by atoms with Gasteiger partial charge >= 0.3 is 0 Å². The van der Waals surface area contributed by atoms with Gasteiger partial charge in [0.25, 0.3) is 0 Å². The van der Waals surface area contributed by atoms with E-state index in [4.69, 9.17) is 0 Å². The van der Waals surface area contributed by atoms with Crippen LogP contribution in [0, 0.1) is 0 Å². The molecule has 14 heavy (non-hydrogen) atoms. The minimum absolute atomic E-state index is 0.834. The van der Waals surface area contributed by atoms with Gasteiger partial charge in [0.2, 0.25) is 0 Å². The smallest absolute Gasteiger partial charge is 0.00940 e. The number of hydrogen-bond acceptors (Lipinski definition) is 2. The van der Waals surface area contributed by atoms with Crippen LogP contribution in [0.2, 0.25) is 0 Å². The number of hydrogen-bond donors (Lipinski definition) is 1. The quantitative estimate of drug-likeness (QED) is 0.723. The van der Waals surface area contributed by atoms with Crippen LogP contribution >= 0.6 is 0 Å². The Morgan fingerprint density at radius 1 is 1.07 bits per heavy atom. The second kappa shape index (κ2) is 5.13. The van der Waals surface area contributed by atoms with Crippen molar-refractivity contribution in [2.24, 2.45) is 0 Å². The van der Waals surface area contributed by atoms with Crippen LogP contribution in [0.15, 0.2) is 0 Å². The van der Waals surface area contributed by atoms with E-state index in [1.165, 1.54) is 58.2 Å². The van der Waals surface area contributed by atoms with Gasteiger partial charge in [-0.25, -0.2) is 0 Å². The summed E-state index contributed by atoms with van der Waals surface area (Å²) in [6.07, 6.45) is 8.31. The first-order valence-corrected chi connectivity index (χ1v) is 6.37. The number of piperidine rings is 1. The van der Waals surface area contributed by atoms with Gasteiger partial charge in [-0.1, -0.05) is 13.3 Å². The van der Waals surface area contributed by atoms with Gasteiger partial charge in [0, 0.05) is 12.1 Å². The lowest BCUT2D eigenvalue weighted by molar-refractivity contribution is 0.195. The third-order valence-electron chi connectivity index (χ3n) is 3.46. The Kier molecular flexibility index (Phi) is 3.82. The SMILES string of the molecule is CCCCN1CCC(NC2CC2)CC1. The summed E-state index contributed by atoms with van der Waals surface area (Å²) in [6.45, 7) is 6.25. The number of unbranched alkanes of at least 4 members (excludes halogenated alkanes) is 1. The number of rotatable bonds is 5. The van der Waals surface area contributed by atoms with Crippen LogP contribution in [0.25, 0.3) is 0 Å². The summed E-state index contributed by atoms with van der Waals surface area (Å²) in [6, 6.07) is 1.72. The molecule has 1 saturated heterocycles. The van der Waals surface area contributed by atoms with Crippen molar-refractivity contribution in [3.8, 4) is 0 Å². The Balaban J connectivity index is 1.59. The molecule has 2 heteroatoms. The van der Waals surface area contributed by atoms with Gasteiger partial charge in [0.1, 0.15) is 0 Å². The van der Waals surface area contributed by atoms with Crippen molar-refractivity contribution in [2.75, 3.05) is 19.6 Å². The van der Waals surface area contributed by atoms with Crippen molar-refractivity contribution in [2.45, 2.75) is 57.5 Å². The first kappa shape index (κ1) is 10.4. The molecule has 1 heterocycles. The van der Waals surface area contributed by atoms with Crippen molar-refractivity contribution in [1.29, 1.82) is 0 Å². The van der Waals surface area contributed by atoms with Crippen LogP contribution in [0.5, 0.6) is 0 Å². The Hall–Kier alpha value is -0.0800. The van der Waals surface area contributed by atoms with Crippen molar-refractivity contribution >= 4 is 0 Å². The molecule has 2 fully saturated rings. The highest BCUT2D eigenvalue weighted by atomic mass is 15.1. The minimum atomic E-state index is 0.834. The van der Waals surface area contributed by atoms with E-state index >= 15 is 0 Å². The molecule has 0 aromatic rings. The molecule has 1 aliphatic heterocycles. The zero-order valence-electron chi connectivity index (χ0n) is 9.47. The lowest BCUT2D eigenvalue weighted by atomic mass is 10.0. The Morgan fingerprint density at radius 3 is 2.29 bits per heavy atom. The number of likely N-dealkylation sites (tertiary alicyclic amines) is 1. The lowest BCUT2D eigenvalue weighted by Crippen LogP contribution is -2.43. The maximum atomic E-state index is 3.74. The molecule has 2 aliphatic rings. The van der Waals surface area contributed by atoms with E-state index < -0.39 is 0 Å². The summed E-state index contributed by atoms with van der Waals surface area (Å²) in [5.41, 5.74) is 0. The fourth-order valence-electron chi connectivity index (χ4n) is 2.29. The maximum absolute atomic E-state index is 3.74. The van der Waals surface area contributed by atoms with Gasteiger partial charge in [-0.05, 0) is 51.7 Å². The van der Waals surface area contributed by atoms with Gasteiger partial charge < -0.3 is 10.2 Å². The first-order chi connectivity index (χ1) is 6.88. The minimum Gasteiger partial charge on any atom is -0.311 e. The van der Waals surface area contributed by atoms with Crippen LogP contribution in [0.1, 0.15) is 45.4 Å². The van der Waals surface area contributed by atoms with Crippen LogP contribution in [0.3, 0.4) is 0 Å². The second-order valence-electron chi connectivity index (χ2n) is 4.91. The average molecular weight is 196 g/mol. The molecular formula is C12H24N2. The second-order valence-corrected chi connectivity index (χ2v) is 4.91. The molecule has 1 saturated carbocycles. The fourth-order valence-corrected chi connectivity index (χ4v) is 2.29. The Labute approximate surface area is 88.1 Å². The monoisotopic (exact) mass is 196 g/mol. The normalized spacial score (nSPS) is 25.5. The molecule has 1 N–H and O–H groups in total. The standard InChI is InChI=1S/C12H24N2/c1-2-3-8-14-9-6-12(7-10-14)13-11-4-5-11/h11-13H,2-10H2,1H3. The average Bonchev–Trinajstić information content (AvgIpc) is 3.01. The maximum Gasteiger partial charge on any atom is 0.00940 e. The van der Waals surface area contributed by atoms with Gasteiger partial charge in [0.05, 0.1) is 0 Å². The number of nitrogens with one attached hydrogen (secondary N) is 1. The van der Waals surface area contributed by atoms with E-state index in [1.807, 2.05) is 0 Å². The van der Waals surface area contributed by atoms with Crippen molar-refractivity contribution in [3.63, 3.8) is 0 Å². The summed E-state index contributed by atoms with van der Waals surface area (Å²) in [5.74, 6) is 0. The predicted molar refractivity (Wildman–Crippen MR) is 60.5 cm³/mol. The van der Waals surface area contributed by atoms with Crippen molar-refractivity contribution in [1.82, 2.24) is 10.2 Å². The highest BCUT2D eigenvalue weighted by Gasteiger charge is 2.26. The van der Waals surface area contributed by atoms with Crippen molar-refractivity contribution in [3.05, 3.63) is 0 Å². The zero-order valence-corrected chi connectivity index (χ0v) is 9.47. The molecule has 0 spiro atoms. The van der Waals surface area contributed by atoms with Crippen LogP contribution in [-0.2, 0) is 0 Å². The summed E-state index contributed by atoms with van der Waals surface area (Å²) in [5, 5.41) is 3.74. The summed E-state index contributed by atoms with van der Waals surface area (Å²) < 4.78 is 0. The molecule has 0 amide bonds. The third kappa shape index (κ3) is 3.25. The van der Waals surface area contributed by atoms with E-state index in [0.717, 1.165) is 12.1 Å². The van der Waals surface area contributed by atoms with E-state index in [-0.39, 0.29) is 0 Å². The zero-order chi connectivity index (χ0) is 9.80. The highest BCUT2D eigenvalue weighted by molar-refractivity contribution is 4.87. The van der Waals surface area contributed by atoms with Gasteiger partial charge in [-0.3, -0.25) is 0 Å². The third-order valence-corrected chi connectivity index (χ3v) is 3.46.